The highest BCUT2D eigenvalue weighted by molar-refractivity contribution is 5.98. The first-order valence-electron chi connectivity index (χ1n) is 3.64. The molecule has 0 saturated carbocycles. The van der Waals surface area contributed by atoms with Gasteiger partial charge in [0.2, 0.25) is 0 Å². The van der Waals surface area contributed by atoms with E-state index in [2.05, 4.69) is 10.1 Å². The Bertz CT molecular complexity index is 361. The zero-order valence-electron chi connectivity index (χ0n) is 6.52. The molecule has 1 heterocycles. The second kappa shape index (κ2) is 2.45. The molecule has 0 aliphatic carbocycles. The Morgan fingerprint density at radius 3 is 2.77 bits per heavy atom. The molecule has 3 N–H and O–H groups in total. The average Bonchev–Trinajstić information content (AvgIpc) is 2.06. The number of ether oxygens (including phenoxy) is 1. The van der Waals surface area contributed by atoms with Crippen molar-refractivity contribution in [3.63, 3.8) is 0 Å². The summed E-state index contributed by atoms with van der Waals surface area (Å²) in [5.41, 5.74) is 0.422. The van der Waals surface area contributed by atoms with Gasteiger partial charge in [0.1, 0.15) is 5.75 Å². The number of para-hydroxylation sites is 2. The lowest BCUT2D eigenvalue weighted by Crippen LogP contribution is -2.50. The van der Waals surface area contributed by atoms with E-state index in [-0.39, 0.29) is 5.75 Å². The number of carbonyl (C=O) groups excluding carboxylic acids is 1. The molecule has 0 bridgehead atoms. The number of anilines is 1. The van der Waals surface area contributed by atoms with Crippen LogP contribution in [0.3, 0.4) is 0 Å². The summed E-state index contributed by atoms with van der Waals surface area (Å²) >= 11 is 0. The molecule has 0 spiro atoms. The molecule has 2 rings (SSSR count). The summed E-state index contributed by atoms with van der Waals surface area (Å²) in [5, 5.41) is 20.3. The van der Waals surface area contributed by atoms with Gasteiger partial charge in [0, 0.05) is 0 Å². The maximum atomic E-state index is 10.9. The SMILES string of the molecule is O=C1Nc2ccccc2OC1(O)O. The molecule has 0 radical (unpaired) electrons. The van der Waals surface area contributed by atoms with Crippen molar-refractivity contribution in [1.82, 2.24) is 0 Å². The van der Waals surface area contributed by atoms with E-state index in [1.165, 1.54) is 6.07 Å². The van der Waals surface area contributed by atoms with Crippen molar-refractivity contribution in [1.29, 1.82) is 0 Å². The van der Waals surface area contributed by atoms with Gasteiger partial charge in [0.05, 0.1) is 5.69 Å². The molecule has 0 aromatic heterocycles. The first-order chi connectivity index (χ1) is 6.09. The van der Waals surface area contributed by atoms with Gasteiger partial charge in [-0.15, -0.1) is 0 Å². The van der Waals surface area contributed by atoms with Crippen LogP contribution in [0.1, 0.15) is 0 Å². The highest BCUT2D eigenvalue weighted by atomic mass is 16.8. The molecule has 1 aliphatic heterocycles. The standard InChI is InChI=1S/C8H7NO4/c10-7-8(11,12)13-6-4-2-1-3-5(6)9-7/h1-4,11-12H,(H,9,10). The monoisotopic (exact) mass is 181 g/mol. The van der Waals surface area contributed by atoms with Crippen LogP contribution in [0.2, 0.25) is 0 Å². The summed E-state index contributed by atoms with van der Waals surface area (Å²) in [4.78, 5) is 10.9. The van der Waals surface area contributed by atoms with Gasteiger partial charge in [-0.2, -0.15) is 0 Å². The van der Waals surface area contributed by atoms with Crippen molar-refractivity contribution >= 4 is 11.6 Å². The van der Waals surface area contributed by atoms with E-state index in [9.17, 15) is 4.79 Å². The van der Waals surface area contributed by atoms with Crippen LogP contribution in [0, 0.1) is 0 Å². The van der Waals surface area contributed by atoms with E-state index >= 15 is 0 Å². The van der Waals surface area contributed by atoms with Gasteiger partial charge < -0.3 is 20.3 Å². The van der Waals surface area contributed by atoms with Gasteiger partial charge in [0.15, 0.2) is 0 Å². The predicted molar refractivity (Wildman–Crippen MR) is 42.9 cm³/mol. The van der Waals surface area contributed by atoms with Gasteiger partial charge in [-0.05, 0) is 12.1 Å². The van der Waals surface area contributed by atoms with Crippen molar-refractivity contribution in [2.24, 2.45) is 0 Å². The van der Waals surface area contributed by atoms with Crippen molar-refractivity contribution in [2.75, 3.05) is 5.32 Å². The number of carbonyl (C=O) groups is 1. The predicted octanol–water partition coefficient (Wildman–Crippen LogP) is -0.344. The summed E-state index contributed by atoms with van der Waals surface area (Å²) in [5.74, 6) is -3.53. The lowest BCUT2D eigenvalue weighted by Gasteiger charge is -2.27. The first-order valence-corrected chi connectivity index (χ1v) is 3.64. The Morgan fingerprint density at radius 2 is 2.00 bits per heavy atom. The number of fused-ring (bicyclic) bond motifs is 1. The third-order valence-electron chi connectivity index (χ3n) is 1.68. The molecule has 0 atom stereocenters. The van der Waals surface area contributed by atoms with Crippen LogP contribution < -0.4 is 10.1 Å². The maximum Gasteiger partial charge on any atom is 0.407 e. The smallest absolute Gasteiger partial charge is 0.407 e. The van der Waals surface area contributed by atoms with Crippen molar-refractivity contribution in [2.45, 2.75) is 5.97 Å². The average molecular weight is 181 g/mol. The Balaban J connectivity index is 2.44. The summed E-state index contributed by atoms with van der Waals surface area (Å²) in [6.45, 7) is 0. The third kappa shape index (κ3) is 1.24. The quantitative estimate of drug-likeness (QED) is 0.478. The minimum atomic E-state index is -2.77. The molecule has 0 saturated heterocycles. The number of hydrogen-bond acceptors (Lipinski definition) is 4. The van der Waals surface area contributed by atoms with Crippen LogP contribution >= 0.6 is 0 Å². The van der Waals surface area contributed by atoms with Crippen molar-refractivity contribution in [3.05, 3.63) is 24.3 Å². The third-order valence-corrected chi connectivity index (χ3v) is 1.68. The van der Waals surface area contributed by atoms with Gasteiger partial charge >= 0.3 is 11.9 Å². The highest BCUT2D eigenvalue weighted by Crippen LogP contribution is 2.30. The molecule has 1 amide bonds. The lowest BCUT2D eigenvalue weighted by atomic mass is 10.2. The molecule has 13 heavy (non-hydrogen) atoms. The van der Waals surface area contributed by atoms with E-state index in [0.29, 0.717) is 5.69 Å². The zero-order valence-corrected chi connectivity index (χ0v) is 6.52. The second-order valence-corrected chi connectivity index (χ2v) is 2.66. The van der Waals surface area contributed by atoms with Crippen molar-refractivity contribution in [3.8, 4) is 5.75 Å². The van der Waals surface area contributed by atoms with Crippen LogP contribution in [0.5, 0.6) is 5.75 Å². The number of hydrogen-bond donors (Lipinski definition) is 3. The Labute approximate surface area is 73.6 Å². The van der Waals surface area contributed by atoms with E-state index in [0.717, 1.165) is 0 Å². The molecule has 0 unspecified atom stereocenters. The number of rotatable bonds is 0. The Morgan fingerprint density at radius 1 is 1.31 bits per heavy atom. The van der Waals surface area contributed by atoms with Crippen LogP contribution in [0.15, 0.2) is 24.3 Å². The summed E-state index contributed by atoms with van der Waals surface area (Å²) in [7, 11) is 0. The fourth-order valence-corrected chi connectivity index (χ4v) is 1.06. The molecule has 68 valence electrons. The summed E-state index contributed by atoms with van der Waals surface area (Å²) in [6.07, 6.45) is 0. The fourth-order valence-electron chi connectivity index (χ4n) is 1.06. The molecule has 5 nitrogen and oxygen atoms in total. The normalized spacial score (nSPS) is 18.5. The van der Waals surface area contributed by atoms with E-state index < -0.39 is 11.9 Å². The zero-order chi connectivity index (χ0) is 9.47. The van der Waals surface area contributed by atoms with Gasteiger partial charge in [0.25, 0.3) is 0 Å². The van der Waals surface area contributed by atoms with E-state index in [4.69, 9.17) is 10.2 Å². The molecular formula is C8H7NO4. The number of amides is 1. The number of aliphatic hydroxyl groups is 2. The summed E-state index contributed by atoms with van der Waals surface area (Å²) in [6, 6.07) is 6.48. The fraction of sp³-hybridized carbons (Fsp3) is 0.125. The Kier molecular flexibility index (Phi) is 1.51. The minimum Gasteiger partial charge on any atom is -0.430 e. The molecule has 1 aliphatic rings. The van der Waals surface area contributed by atoms with Crippen LogP contribution in [0.4, 0.5) is 5.69 Å². The lowest BCUT2D eigenvalue weighted by molar-refractivity contribution is -0.270. The van der Waals surface area contributed by atoms with E-state index in [1.807, 2.05) is 0 Å². The Hall–Kier alpha value is -1.59. The van der Waals surface area contributed by atoms with Gasteiger partial charge in [-0.1, -0.05) is 12.1 Å². The molecule has 1 aromatic carbocycles. The first kappa shape index (κ1) is 8.03. The second-order valence-electron chi connectivity index (χ2n) is 2.66. The molecular weight excluding hydrogens is 174 g/mol. The van der Waals surface area contributed by atoms with Gasteiger partial charge in [-0.25, -0.2) is 0 Å². The minimum absolute atomic E-state index is 0.229. The topological polar surface area (TPSA) is 78.8 Å². The van der Waals surface area contributed by atoms with Gasteiger partial charge in [-0.3, -0.25) is 4.79 Å². The molecule has 5 heteroatoms. The largest absolute Gasteiger partial charge is 0.430 e. The summed E-state index contributed by atoms with van der Waals surface area (Å²) < 4.78 is 4.63. The highest BCUT2D eigenvalue weighted by Gasteiger charge is 2.41. The van der Waals surface area contributed by atoms with Crippen LogP contribution in [-0.2, 0) is 4.79 Å². The van der Waals surface area contributed by atoms with Crippen molar-refractivity contribution < 1.29 is 19.7 Å². The van der Waals surface area contributed by atoms with Crippen LogP contribution in [0.25, 0.3) is 0 Å². The van der Waals surface area contributed by atoms with Crippen LogP contribution in [-0.4, -0.2) is 22.1 Å². The maximum absolute atomic E-state index is 10.9. The van der Waals surface area contributed by atoms with E-state index in [1.54, 1.807) is 18.2 Å². The molecule has 1 aromatic rings. The molecule has 0 fully saturated rings. The number of nitrogens with one attached hydrogen (secondary N) is 1. The number of benzene rings is 1.